The Hall–Kier alpha value is -0.970. The van der Waals surface area contributed by atoms with Gasteiger partial charge >= 0.3 is 6.18 Å². The maximum absolute atomic E-state index is 12.5. The van der Waals surface area contributed by atoms with Crippen molar-refractivity contribution < 1.29 is 17.9 Å². The molecule has 0 aliphatic heterocycles. The Labute approximate surface area is 100 Å². The molecule has 0 aliphatic rings. The van der Waals surface area contributed by atoms with E-state index in [1.807, 2.05) is 0 Å². The summed E-state index contributed by atoms with van der Waals surface area (Å²) in [4.78, 5) is 0. The summed E-state index contributed by atoms with van der Waals surface area (Å²) in [5.41, 5.74) is -0.243. The van der Waals surface area contributed by atoms with Gasteiger partial charge in [-0.15, -0.1) is 0 Å². The zero-order valence-corrected chi connectivity index (χ0v) is 10.1. The summed E-state index contributed by atoms with van der Waals surface area (Å²) in [6.07, 6.45) is -1.03. The molecule has 0 saturated carbocycles. The molecule has 88 valence electrons. The number of benzene rings is 1. The van der Waals surface area contributed by atoms with Crippen LogP contribution in [0, 0.1) is 0 Å². The van der Waals surface area contributed by atoms with E-state index >= 15 is 0 Å². The molecule has 1 rings (SSSR count). The number of hydrogen-bond acceptors (Lipinski definition) is 1. The molecule has 1 nitrogen and oxygen atoms in total. The Bertz CT molecular complexity index is 385. The summed E-state index contributed by atoms with van der Waals surface area (Å²) in [5.74, 6) is 0.198. The second-order valence-corrected chi connectivity index (χ2v) is 3.70. The molecular formula is C11H10BrF3O. The lowest BCUT2D eigenvalue weighted by Gasteiger charge is -2.09. The lowest BCUT2D eigenvalue weighted by atomic mass is 10.1. The lowest BCUT2D eigenvalue weighted by molar-refractivity contribution is -0.137. The van der Waals surface area contributed by atoms with Crippen LogP contribution < -0.4 is 4.74 Å². The van der Waals surface area contributed by atoms with Crippen molar-refractivity contribution in [2.75, 3.05) is 12.4 Å². The van der Waals surface area contributed by atoms with Crippen LogP contribution in [0.1, 0.15) is 11.1 Å². The molecule has 0 fully saturated rings. The third-order valence-corrected chi connectivity index (χ3v) is 2.27. The first kappa shape index (κ1) is 13.1. The topological polar surface area (TPSA) is 9.23 Å². The van der Waals surface area contributed by atoms with Crippen molar-refractivity contribution in [3.8, 4) is 5.75 Å². The van der Waals surface area contributed by atoms with E-state index in [9.17, 15) is 13.2 Å². The lowest BCUT2D eigenvalue weighted by Crippen LogP contribution is -2.05. The predicted octanol–water partition coefficient (Wildman–Crippen LogP) is 4.12. The first-order valence-corrected chi connectivity index (χ1v) is 5.58. The number of allylic oxidation sites excluding steroid dienone is 1. The fraction of sp³-hybridized carbons (Fsp3) is 0.273. The number of halogens is 4. The van der Waals surface area contributed by atoms with Crippen molar-refractivity contribution in [1.29, 1.82) is 0 Å². The summed E-state index contributed by atoms with van der Waals surface area (Å²) in [7, 11) is 1.34. The SMILES string of the molecule is COc1cc(C=CCBr)cc(C(F)(F)F)c1. The zero-order valence-electron chi connectivity index (χ0n) is 8.51. The Balaban J connectivity index is 3.16. The van der Waals surface area contributed by atoms with Crippen LogP contribution in [-0.4, -0.2) is 12.4 Å². The molecule has 1 aromatic carbocycles. The Morgan fingerprint density at radius 3 is 2.50 bits per heavy atom. The average Bonchev–Trinajstić information content (AvgIpc) is 2.24. The molecule has 16 heavy (non-hydrogen) atoms. The van der Waals surface area contributed by atoms with E-state index in [4.69, 9.17) is 4.74 Å². The van der Waals surface area contributed by atoms with Gasteiger partial charge in [0, 0.05) is 5.33 Å². The van der Waals surface area contributed by atoms with Crippen molar-refractivity contribution in [2.24, 2.45) is 0 Å². The minimum atomic E-state index is -4.36. The molecule has 0 atom stereocenters. The highest BCUT2D eigenvalue weighted by Gasteiger charge is 2.31. The van der Waals surface area contributed by atoms with Crippen molar-refractivity contribution in [1.82, 2.24) is 0 Å². The third kappa shape index (κ3) is 3.56. The van der Waals surface area contributed by atoms with E-state index in [0.29, 0.717) is 10.9 Å². The van der Waals surface area contributed by atoms with Gasteiger partial charge in [-0.1, -0.05) is 28.1 Å². The number of rotatable bonds is 3. The van der Waals surface area contributed by atoms with E-state index in [2.05, 4.69) is 15.9 Å². The molecule has 0 amide bonds. The summed E-state index contributed by atoms with van der Waals surface area (Å²) >= 11 is 3.16. The van der Waals surface area contributed by atoms with Gasteiger partial charge in [-0.05, 0) is 23.8 Å². The van der Waals surface area contributed by atoms with Gasteiger partial charge in [-0.25, -0.2) is 0 Å². The summed E-state index contributed by atoms with van der Waals surface area (Å²) in [6, 6.07) is 3.61. The number of methoxy groups -OCH3 is 1. The van der Waals surface area contributed by atoms with Crippen LogP contribution in [0.25, 0.3) is 6.08 Å². The minimum absolute atomic E-state index is 0.198. The van der Waals surface area contributed by atoms with Crippen molar-refractivity contribution in [3.63, 3.8) is 0 Å². The predicted molar refractivity (Wildman–Crippen MR) is 60.8 cm³/mol. The molecule has 1 aromatic rings. The fourth-order valence-corrected chi connectivity index (χ4v) is 1.37. The van der Waals surface area contributed by atoms with E-state index in [-0.39, 0.29) is 5.75 Å². The molecule has 0 N–H and O–H groups in total. The normalized spacial score (nSPS) is 12.1. The van der Waals surface area contributed by atoms with Crippen molar-refractivity contribution >= 4 is 22.0 Å². The molecule has 0 unspecified atom stereocenters. The molecule has 5 heteroatoms. The van der Waals surface area contributed by atoms with Gasteiger partial charge in [0.15, 0.2) is 0 Å². The molecule has 0 saturated heterocycles. The standard InChI is InChI=1S/C11H10BrF3O/c1-16-10-6-8(3-2-4-12)5-9(7-10)11(13,14)15/h2-3,5-7H,4H2,1H3. The van der Waals surface area contributed by atoms with Crippen LogP contribution in [0.2, 0.25) is 0 Å². The van der Waals surface area contributed by atoms with Gasteiger partial charge < -0.3 is 4.74 Å². The number of hydrogen-bond donors (Lipinski definition) is 0. The molecule has 0 spiro atoms. The summed E-state index contributed by atoms with van der Waals surface area (Å²) in [5, 5.41) is 0.589. The van der Waals surface area contributed by atoms with Crippen LogP contribution >= 0.6 is 15.9 Å². The molecule has 0 radical (unpaired) electrons. The first-order valence-electron chi connectivity index (χ1n) is 4.46. The maximum Gasteiger partial charge on any atom is 0.416 e. The molecule has 0 aliphatic carbocycles. The average molecular weight is 295 g/mol. The van der Waals surface area contributed by atoms with Crippen LogP contribution in [0.15, 0.2) is 24.3 Å². The number of alkyl halides is 4. The fourth-order valence-electron chi connectivity index (χ4n) is 1.18. The highest BCUT2D eigenvalue weighted by Crippen LogP contribution is 2.32. The van der Waals surface area contributed by atoms with Crippen LogP contribution in [-0.2, 0) is 6.18 Å². The molecule has 0 bridgehead atoms. The maximum atomic E-state index is 12.5. The van der Waals surface area contributed by atoms with Gasteiger partial charge in [0.2, 0.25) is 0 Å². The van der Waals surface area contributed by atoms with Gasteiger partial charge in [0.1, 0.15) is 5.75 Å². The van der Waals surface area contributed by atoms with Gasteiger partial charge in [0.05, 0.1) is 12.7 Å². The zero-order chi connectivity index (χ0) is 12.2. The van der Waals surface area contributed by atoms with Gasteiger partial charge in [-0.2, -0.15) is 13.2 Å². The largest absolute Gasteiger partial charge is 0.497 e. The Kier molecular flexibility index (Phi) is 4.41. The van der Waals surface area contributed by atoms with Gasteiger partial charge in [0.25, 0.3) is 0 Å². The van der Waals surface area contributed by atoms with E-state index < -0.39 is 11.7 Å². The van der Waals surface area contributed by atoms with E-state index in [0.717, 1.165) is 12.1 Å². The second kappa shape index (κ2) is 5.39. The Morgan fingerprint density at radius 2 is 2.00 bits per heavy atom. The third-order valence-electron chi connectivity index (χ3n) is 1.89. The minimum Gasteiger partial charge on any atom is -0.497 e. The van der Waals surface area contributed by atoms with Crippen molar-refractivity contribution in [3.05, 3.63) is 35.4 Å². The second-order valence-electron chi connectivity index (χ2n) is 3.05. The highest BCUT2D eigenvalue weighted by atomic mass is 79.9. The quantitative estimate of drug-likeness (QED) is 0.762. The molecule has 0 heterocycles. The molecule has 0 aromatic heterocycles. The highest BCUT2D eigenvalue weighted by molar-refractivity contribution is 9.09. The molecular weight excluding hydrogens is 285 g/mol. The summed E-state index contributed by atoms with van der Waals surface area (Å²) in [6.45, 7) is 0. The van der Waals surface area contributed by atoms with E-state index in [1.54, 1.807) is 18.2 Å². The Morgan fingerprint density at radius 1 is 1.31 bits per heavy atom. The van der Waals surface area contributed by atoms with Crippen LogP contribution in [0.5, 0.6) is 5.75 Å². The first-order chi connectivity index (χ1) is 7.47. The van der Waals surface area contributed by atoms with Gasteiger partial charge in [-0.3, -0.25) is 0 Å². The smallest absolute Gasteiger partial charge is 0.416 e. The number of ether oxygens (including phenoxy) is 1. The summed E-state index contributed by atoms with van der Waals surface area (Å²) < 4.78 is 42.4. The monoisotopic (exact) mass is 294 g/mol. The van der Waals surface area contributed by atoms with E-state index in [1.165, 1.54) is 7.11 Å². The van der Waals surface area contributed by atoms with Crippen LogP contribution in [0.3, 0.4) is 0 Å². The van der Waals surface area contributed by atoms with Crippen molar-refractivity contribution in [2.45, 2.75) is 6.18 Å². The van der Waals surface area contributed by atoms with Crippen LogP contribution in [0.4, 0.5) is 13.2 Å².